The molecule has 10 heteroatoms. The summed E-state index contributed by atoms with van der Waals surface area (Å²) in [5.41, 5.74) is 1.83. The average Bonchev–Trinajstić information content (AvgIpc) is 3.02. The fourth-order valence-electron chi connectivity index (χ4n) is 4.79. The summed E-state index contributed by atoms with van der Waals surface area (Å²) in [6.07, 6.45) is 6.52. The molecule has 0 spiro atoms. The Labute approximate surface area is 217 Å². The number of likely N-dealkylation sites (tertiary alicyclic amines) is 1. The van der Waals surface area contributed by atoms with Crippen molar-refractivity contribution in [2.75, 3.05) is 19.6 Å². The van der Waals surface area contributed by atoms with Crippen LogP contribution in [0.5, 0.6) is 0 Å². The molecule has 2 heterocycles. The van der Waals surface area contributed by atoms with Crippen molar-refractivity contribution >= 4 is 34.7 Å². The largest absolute Gasteiger partial charge is 0.480 e. The van der Waals surface area contributed by atoms with Gasteiger partial charge in [0.25, 0.3) is 0 Å². The van der Waals surface area contributed by atoms with Gasteiger partial charge in [-0.15, -0.1) is 0 Å². The monoisotopic (exact) mass is 513 g/mol. The third-order valence-electron chi connectivity index (χ3n) is 6.66. The highest BCUT2D eigenvalue weighted by molar-refractivity contribution is 5.93. The number of urea groups is 1. The number of aromatic nitrogens is 1. The predicted molar refractivity (Wildman–Crippen MR) is 141 cm³/mol. The van der Waals surface area contributed by atoms with Gasteiger partial charge in [0.15, 0.2) is 0 Å². The van der Waals surface area contributed by atoms with E-state index in [1.165, 1.54) is 0 Å². The van der Waals surface area contributed by atoms with E-state index in [4.69, 9.17) is 5.11 Å². The van der Waals surface area contributed by atoms with Gasteiger partial charge in [-0.25, -0.2) is 4.79 Å². The molecular formula is C27H39N5O5. The molecule has 1 aliphatic rings. The zero-order valence-corrected chi connectivity index (χ0v) is 22.0. The van der Waals surface area contributed by atoms with Crippen LogP contribution in [0.2, 0.25) is 0 Å². The van der Waals surface area contributed by atoms with Gasteiger partial charge in [0.1, 0.15) is 18.6 Å². The molecule has 2 atom stereocenters. The second-order valence-electron chi connectivity index (χ2n) is 10.2. The highest BCUT2D eigenvalue weighted by Crippen LogP contribution is 2.22. The molecule has 1 aromatic carbocycles. The van der Waals surface area contributed by atoms with Crippen LogP contribution in [0.25, 0.3) is 10.9 Å². The third-order valence-corrected chi connectivity index (χ3v) is 6.66. The Balaban J connectivity index is 1.79. The number of carboxylic acids is 1. The number of hydrogen-bond acceptors (Lipinski definition) is 4. The first-order valence-corrected chi connectivity index (χ1v) is 13.0. The lowest BCUT2D eigenvalue weighted by molar-refractivity contribution is -0.138. The highest BCUT2D eigenvalue weighted by Gasteiger charge is 2.30. The minimum absolute atomic E-state index is 0.123. The van der Waals surface area contributed by atoms with Crippen LogP contribution in [0.3, 0.4) is 0 Å². The number of hydrogen-bond donors (Lipinski definition) is 4. The lowest BCUT2D eigenvalue weighted by atomic mass is 10.0. The van der Waals surface area contributed by atoms with Gasteiger partial charge in [0.2, 0.25) is 11.8 Å². The van der Waals surface area contributed by atoms with Crippen molar-refractivity contribution in [3.63, 3.8) is 0 Å². The van der Waals surface area contributed by atoms with E-state index < -0.39 is 36.4 Å². The number of fused-ring (bicyclic) bond motifs is 1. The van der Waals surface area contributed by atoms with Crippen LogP contribution in [0, 0.1) is 5.92 Å². The summed E-state index contributed by atoms with van der Waals surface area (Å²) >= 11 is 0. The minimum Gasteiger partial charge on any atom is -0.480 e. The number of nitrogens with one attached hydrogen (secondary N) is 3. The van der Waals surface area contributed by atoms with Crippen molar-refractivity contribution < 1.29 is 24.3 Å². The summed E-state index contributed by atoms with van der Waals surface area (Å²) in [5, 5.41) is 18.1. The zero-order chi connectivity index (χ0) is 26.9. The molecule has 0 unspecified atom stereocenters. The van der Waals surface area contributed by atoms with Gasteiger partial charge < -0.3 is 30.5 Å². The van der Waals surface area contributed by atoms with Gasteiger partial charge in [-0.3, -0.25) is 14.4 Å². The van der Waals surface area contributed by atoms with Gasteiger partial charge in [0.05, 0.1) is 0 Å². The summed E-state index contributed by atoms with van der Waals surface area (Å²) in [5.74, 6) is -2.11. The molecule has 10 nitrogen and oxygen atoms in total. The molecule has 37 heavy (non-hydrogen) atoms. The molecule has 0 radical (unpaired) electrons. The third kappa shape index (κ3) is 7.96. The molecule has 202 valence electrons. The van der Waals surface area contributed by atoms with Crippen LogP contribution >= 0.6 is 0 Å². The number of nitrogens with zero attached hydrogens (tertiary/aromatic N) is 2. The van der Waals surface area contributed by atoms with E-state index in [0.717, 1.165) is 42.1 Å². The molecular weight excluding hydrogens is 474 g/mol. The minimum atomic E-state index is -1.18. The number of aryl methyl sites for hydroxylation is 1. The second-order valence-corrected chi connectivity index (χ2v) is 10.2. The van der Waals surface area contributed by atoms with Crippen molar-refractivity contribution in [2.24, 2.45) is 13.0 Å². The Bertz CT molecular complexity index is 1100. The summed E-state index contributed by atoms with van der Waals surface area (Å²) in [6, 6.07) is 5.63. The lowest BCUT2D eigenvalue weighted by Crippen LogP contribution is -2.56. The first kappa shape index (κ1) is 28.0. The van der Waals surface area contributed by atoms with E-state index in [1.54, 1.807) is 4.90 Å². The first-order chi connectivity index (χ1) is 17.7. The molecule has 1 aliphatic heterocycles. The van der Waals surface area contributed by atoms with Crippen molar-refractivity contribution in [3.05, 3.63) is 36.0 Å². The first-order valence-electron chi connectivity index (χ1n) is 13.0. The Kier molecular flexibility index (Phi) is 9.93. The summed E-state index contributed by atoms with van der Waals surface area (Å²) < 4.78 is 1.95. The smallest absolute Gasteiger partial charge is 0.322 e. The van der Waals surface area contributed by atoms with Gasteiger partial charge in [-0.2, -0.15) is 0 Å². The molecule has 1 fully saturated rings. The van der Waals surface area contributed by atoms with Crippen LogP contribution in [-0.4, -0.2) is 70.1 Å². The fraction of sp³-hybridized carbons (Fsp3) is 0.556. The number of carbonyl (C=O) groups is 4. The van der Waals surface area contributed by atoms with Crippen molar-refractivity contribution in [1.29, 1.82) is 0 Å². The number of benzene rings is 1. The van der Waals surface area contributed by atoms with Gasteiger partial charge in [-0.1, -0.05) is 44.9 Å². The molecule has 4 N–H and O–H groups in total. The number of carbonyl (C=O) groups excluding carboxylic acids is 3. The Morgan fingerprint density at radius 1 is 0.946 bits per heavy atom. The molecule has 0 bridgehead atoms. The van der Waals surface area contributed by atoms with Crippen molar-refractivity contribution in [3.8, 4) is 0 Å². The van der Waals surface area contributed by atoms with Crippen LogP contribution in [0.4, 0.5) is 4.79 Å². The SMILES string of the molecule is CC(C)C[C@H](NC(=O)N1CCCCCC1)C(=O)N[C@H](Cc1cn(C)c2ccccc12)C(=O)NCC(=O)O. The lowest BCUT2D eigenvalue weighted by Gasteiger charge is -2.27. The Morgan fingerprint density at radius 3 is 2.27 bits per heavy atom. The maximum Gasteiger partial charge on any atom is 0.322 e. The zero-order valence-electron chi connectivity index (χ0n) is 22.0. The molecule has 0 aliphatic carbocycles. The number of para-hydroxylation sites is 1. The Morgan fingerprint density at radius 2 is 1.62 bits per heavy atom. The molecule has 3 rings (SSSR count). The summed E-state index contributed by atoms with van der Waals surface area (Å²) in [7, 11) is 1.90. The normalized spacial score (nSPS) is 15.6. The summed E-state index contributed by atoms with van der Waals surface area (Å²) in [4.78, 5) is 52.2. The molecule has 0 saturated carbocycles. The standard InChI is InChI=1S/C27H39N5O5/c1-18(2)14-21(30-27(37)32-12-8-4-5-9-13-32)26(36)29-22(25(35)28-16-24(33)34)15-19-17-31(3)23-11-7-6-10-20(19)23/h6-7,10-11,17-18,21-22H,4-5,8-9,12-16H2,1-3H3,(H,28,35)(H,29,36)(H,30,37)(H,33,34)/t21-,22+/m0/s1. The van der Waals surface area contributed by atoms with Gasteiger partial charge >= 0.3 is 12.0 Å². The van der Waals surface area contributed by atoms with Gasteiger partial charge in [-0.05, 0) is 36.8 Å². The van der Waals surface area contributed by atoms with Crippen LogP contribution in [0.15, 0.2) is 30.5 Å². The maximum absolute atomic E-state index is 13.4. The molecule has 1 aromatic heterocycles. The van der Waals surface area contributed by atoms with E-state index in [2.05, 4.69) is 16.0 Å². The predicted octanol–water partition coefficient (Wildman–Crippen LogP) is 2.41. The van der Waals surface area contributed by atoms with E-state index in [-0.39, 0.29) is 18.4 Å². The number of carboxylic acid groups (broad SMARTS) is 1. The molecule has 1 saturated heterocycles. The van der Waals surface area contributed by atoms with Crippen LogP contribution in [-0.2, 0) is 27.9 Å². The summed E-state index contributed by atoms with van der Waals surface area (Å²) in [6.45, 7) is 4.69. The average molecular weight is 514 g/mol. The van der Waals surface area contributed by atoms with Crippen LogP contribution < -0.4 is 16.0 Å². The van der Waals surface area contributed by atoms with Crippen molar-refractivity contribution in [1.82, 2.24) is 25.4 Å². The van der Waals surface area contributed by atoms with E-state index in [0.29, 0.717) is 19.5 Å². The topological polar surface area (TPSA) is 133 Å². The number of rotatable bonds is 10. The van der Waals surface area contributed by atoms with E-state index >= 15 is 0 Å². The quantitative estimate of drug-likeness (QED) is 0.387. The fourth-order valence-corrected chi connectivity index (χ4v) is 4.79. The molecule has 2 aromatic rings. The maximum atomic E-state index is 13.4. The van der Waals surface area contributed by atoms with Gasteiger partial charge in [0, 0.05) is 43.7 Å². The highest BCUT2D eigenvalue weighted by atomic mass is 16.4. The van der Waals surface area contributed by atoms with E-state index in [1.807, 2.05) is 55.9 Å². The van der Waals surface area contributed by atoms with Crippen molar-refractivity contribution in [2.45, 2.75) is 64.5 Å². The van der Waals surface area contributed by atoms with E-state index in [9.17, 15) is 19.2 Å². The number of aliphatic carboxylic acids is 1. The second kappa shape index (κ2) is 13.1. The Hall–Kier alpha value is -3.56. The molecule has 4 amide bonds. The number of amides is 4. The van der Waals surface area contributed by atoms with Crippen LogP contribution in [0.1, 0.15) is 51.5 Å².